The lowest BCUT2D eigenvalue weighted by Crippen LogP contribution is -2.26. The molecule has 0 amide bonds. The van der Waals surface area contributed by atoms with Crippen molar-refractivity contribution in [1.29, 1.82) is 0 Å². The number of aliphatic hydroxyl groups excluding tert-OH is 1. The molecule has 1 N–H and O–H groups in total. The molecule has 0 aliphatic heterocycles. The van der Waals surface area contributed by atoms with Gasteiger partial charge in [0.2, 0.25) is 0 Å². The van der Waals surface area contributed by atoms with Crippen molar-refractivity contribution >= 4 is 0 Å². The van der Waals surface area contributed by atoms with E-state index in [1.165, 1.54) is 24.8 Å². The van der Waals surface area contributed by atoms with Gasteiger partial charge in [-0.1, -0.05) is 0 Å². The van der Waals surface area contributed by atoms with Gasteiger partial charge in [0.05, 0.1) is 0 Å². The zero-order chi connectivity index (χ0) is 11.9. The third-order valence-corrected chi connectivity index (χ3v) is 3.30. The molecule has 0 radical (unpaired) electrons. The molecular weight excluding hydrogens is 212 g/mol. The van der Waals surface area contributed by atoms with Gasteiger partial charge >= 0.3 is 0 Å². The summed E-state index contributed by atoms with van der Waals surface area (Å²) in [6, 6.07) is 5.00. The van der Waals surface area contributed by atoms with Crippen molar-refractivity contribution in [2.45, 2.75) is 44.7 Å². The third kappa shape index (κ3) is 4.44. The van der Waals surface area contributed by atoms with Crippen LogP contribution in [0.2, 0.25) is 0 Å². The van der Waals surface area contributed by atoms with Crippen LogP contribution in [0.15, 0.2) is 24.5 Å². The van der Waals surface area contributed by atoms with Gasteiger partial charge in [-0.25, -0.2) is 0 Å². The van der Waals surface area contributed by atoms with Crippen molar-refractivity contribution in [1.82, 2.24) is 9.88 Å². The molecule has 1 heterocycles. The summed E-state index contributed by atoms with van der Waals surface area (Å²) in [7, 11) is 0. The molecule has 1 aliphatic rings. The van der Waals surface area contributed by atoms with Crippen LogP contribution in [0.5, 0.6) is 0 Å². The van der Waals surface area contributed by atoms with Crippen molar-refractivity contribution in [3.63, 3.8) is 0 Å². The van der Waals surface area contributed by atoms with E-state index >= 15 is 0 Å². The minimum Gasteiger partial charge on any atom is -0.396 e. The average molecular weight is 234 g/mol. The van der Waals surface area contributed by atoms with Gasteiger partial charge in [-0.15, -0.1) is 0 Å². The van der Waals surface area contributed by atoms with Gasteiger partial charge in [0.15, 0.2) is 0 Å². The first-order valence-electron chi connectivity index (χ1n) is 6.64. The van der Waals surface area contributed by atoms with Crippen molar-refractivity contribution in [3.05, 3.63) is 30.1 Å². The number of rotatable bonds is 8. The molecule has 1 fully saturated rings. The first-order valence-corrected chi connectivity index (χ1v) is 6.64. The van der Waals surface area contributed by atoms with E-state index in [0.29, 0.717) is 6.61 Å². The van der Waals surface area contributed by atoms with Gasteiger partial charge in [-0.3, -0.25) is 9.88 Å². The Kier molecular flexibility index (Phi) is 4.95. The van der Waals surface area contributed by atoms with E-state index in [2.05, 4.69) is 22.0 Å². The maximum Gasteiger partial charge on any atom is 0.0431 e. The van der Waals surface area contributed by atoms with Crippen LogP contribution in [0.4, 0.5) is 0 Å². The summed E-state index contributed by atoms with van der Waals surface area (Å²) in [4.78, 5) is 6.63. The highest BCUT2D eigenvalue weighted by molar-refractivity contribution is 5.10. The van der Waals surface area contributed by atoms with Crippen LogP contribution in [-0.2, 0) is 6.54 Å². The number of hydrogen-bond donors (Lipinski definition) is 1. The number of aromatic nitrogens is 1. The largest absolute Gasteiger partial charge is 0.396 e. The Bertz CT molecular complexity index is 311. The van der Waals surface area contributed by atoms with Crippen molar-refractivity contribution in [2.24, 2.45) is 0 Å². The molecule has 0 spiro atoms. The predicted molar refractivity (Wildman–Crippen MR) is 68.6 cm³/mol. The summed E-state index contributed by atoms with van der Waals surface area (Å²) in [5.74, 6) is 0. The molecule has 17 heavy (non-hydrogen) atoms. The molecule has 0 bridgehead atoms. The summed E-state index contributed by atoms with van der Waals surface area (Å²) in [5.41, 5.74) is 1.36. The molecular formula is C14H22N2O. The maximum absolute atomic E-state index is 8.77. The number of unbranched alkanes of at least 4 members (excludes halogenated alkanes) is 2. The minimum atomic E-state index is 0.327. The standard InChI is InChI=1S/C14H22N2O/c17-11-3-1-2-10-16(14-4-5-14)12-13-6-8-15-9-7-13/h6-9,14,17H,1-5,10-12H2. The summed E-state index contributed by atoms with van der Waals surface area (Å²) >= 11 is 0. The van der Waals surface area contributed by atoms with Crippen molar-refractivity contribution in [2.75, 3.05) is 13.2 Å². The number of hydrogen-bond acceptors (Lipinski definition) is 3. The second-order valence-electron chi connectivity index (χ2n) is 4.84. The average Bonchev–Trinajstić information content (AvgIpc) is 3.19. The zero-order valence-corrected chi connectivity index (χ0v) is 10.4. The van der Waals surface area contributed by atoms with Gasteiger partial charge in [-0.2, -0.15) is 0 Å². The zero-order valence-electron chi connectivity index (χ0n) is 10.4. The molecule has 1 aromatic heterocycles. The highest BCUT2D eigenvalue weighted by Gasteiger charge is 2.28. The fraction of sp³-hybridized carbons (Fsp3) is 0.643. The Balaban J connectivity index is 1.77. The van der Waals surface area contributed by atoms with Crippen molar-refractivity contribution < 1.29 is 5.11 Å². The fourth-order valence-electron chi connectivity index (χ4n) is 2.16. The summed E-state index contributed by atoms with van der Waals surface area (Å²) in [6.45, 7) is 2.53. The lowest BCUT2D eigenvalue weighted by Gasteiger charge is -2.21. The summed E-state index contributed by atoms with van der Waals surface area (Å²) < 4.78 is 0. The van der Waals surface area contributed by atoms with Gasteiger partial charge < -0.3 is 5.11 Å². The molecule has 0 aromatic carbocycles. The molecule has 1 aliphatic carbocycles. The normalized spacial score (nSPS) is 15.4. The molecule has 94 valence electrons. The lowest BCUT2D eigenvalue weighted by molar-refractivity contribution is 0.238. The van der Waals surface area contributed by atoms with E-state index in [9.17, 15) is 0 Å². The number of pyridine rings is 1. The minimum absolute atomic E-state index is 0.327. The van der Waals surface area contributed by atoms with E-state index < -0.39 is 0 Å². The Labute approximate surface area is 103 Å². The van der Waals surface area contributed by atoms with Crippen LogP contribution in [-0.4, -0.2) is 34.2 Å². The third-order valence-electron chi connectivity index (χ3n) is 3.30. The van der Waals surface area contributed by atoms with Crippen LogP contribution >= 0.6 is 0 Å². The SMILES string of the molecule is OCCCCCN(Cc1ccncc1)C1CC1. The molecule has 1 saturated carbocycles. The monoisotopic (exact) mass is 234 g/mol. The Morgan fingerprint density at radius 1 is 1.18 bits per heavy atom. The van der Waals surface area contributed by atoms with E-state index in [1.54, 1.807) is 0 Å². The van der Waals surface area contributed by atoms with Gasteiger partial charge in [-0.05, 0) is 56.3 Å². The molecule has 3 heteroatoms. The highest BCUT2D eigenvalue weighted by Crippen LogP contribution is 2.28. The molecule has 1 aromatic rings. The Morgan fingerprint density at radius 2 is 1.94 bits per heavy atom. The molecule has 0 unspecified atom stereocenters. The summed E-state index contributed by atoms with van der Waals surface area (Å²) in [6.07, 6.45) is 9.71. The fourth-order valence-corrected chi connectivity index (χ4v) is 2.16. The lowest BCUT2D eigenvalue weighted by atomic mass is 10.2. The second kappa shape index (κ2) is 6.72. The van der Waals surface area contributed by atoms with E-state index in [-0.39, 0.29) is 0 Å². The number of nitrogens with zero attached hydrogens (tertiary/aromatic N) is 2. The van der Waals surface area contributed by atoms with Gasteiger partial charge in [0, 0.05) is 31.6 Å². The van der Waals surface area contributed by atoms with Crippen LogP contribution in [0, 0.1) is 0 Å². The van der Waals surface area contributed by atoms with Crippen LogP contribution in [0.25, 0.3) is 0 Å². The van der Waals surface area contributed by atoms with Crippen LogP contribution in [0.3, 0.4) is 0 Å². The Morgan fingerprint density at radius 3 is 2.59 bits per heavy atom. The quantitative estimate of drug-likeness (QED) is 0.701. The Hall–Kier alpha value is -0.930. The second-order valence-corrected chi connectivity index (χ2v) is 4.84. The molecule has 3 nitrogen and oxygen atoms in total. The molecule has 0 saturated heterocycles. The maximum atomic E-state index is 8.77. The first-order chi connectivity index (χ1) is 8.40. The van der Waals surface area contributed by atoms with Gasteiger partial charge in [0.25, 0.3) is 0 Å². The highest BCUT2D eigenvalue weighted by atomic mass is 16.2. The van der Waals surface area contributed by atoms with Gasteiger partial charge in [0.1, 0.15) is 0 Å². The van der Waals surface area contributed by atoms with E-state index in [1.807, 2.05) is 12.4 Å². The van der Waals surface area contributed by atoms with Crippen LogP contribution in [0.1, 0.15) is 37.7 Å². The van der Waals surface area contributed by atoms with Crippen LogP contribution < -0.4 is 0 Å². The summed E-state index contributed by atoms with van der Waals surface area (Å²) in [5, 5.41) is 8.77. The van der Waals surface area contributed by atoms with E-state index in [4.69, 9.17) is 5.11 Å². The molecule has 2 rings (SSSR count). The van der Waals surface area contributed by atoms with E-state index in [0.717, 1.165) is 32.0 Å². The topological polar surface area (TPSA) is 36.4 Å². The first kappa shape index (κ1) is 12.5. The molecule has 0 atom stereocenters. The number of aliphatic hydroxyl groups is 1. The predicted octanol–water partition coefficient (Wildman–Crippen LogP) is 2.21. The van der Waals surface area contributed by atoms with Crippen molar-refractivity contribution in [3.8, 4) is 0 Å². The smallest absolute Gasteiger partial charge is 0.0431 e.